The minimum absolute atomic E-state index is 0.579. The summed E-state index contributed by atoms with van der Waals surface area (Å²) >= 11 is 0. The summed E-state index contributed by atoms with van der Waals surface area (Å²) in [7, 11) is 4.01. The number of hydrogen-bond acceptors (Lipinski definition) is 3. The van der Waals surface area contributed by atoms with Crippen LogP contribution in [0, 0.1) is 0 Å². The number of pyridine rings is 1. The lowest BCUT2D eigenvalue weighted by Gasteiger charge is -2.17. The fourth-order valence-corrected chi connectivity index (χ4v) is 2.11. The Balaban J connectivity index is 2.05. The lowest BCUT2D eigenvalue weighted by atomic mass is 10.0. The number of hydrogen-bond donors (Lipinski definition) is 1. The van der Waals surface area contributed by atoms with Gasteiger partial charge in [-0.25, -0.2) is 4.98 Å². The number of aromatic nitrogens is 1. The normalized spacial score (nSPS) is 10.7. The minimum atomic E-state index is 0.579. The van der Waals surface area contributed by atoms with Gasteiger partial charge in [-0.3, -0.25) is 0 Å². The van der Waals surface area contributed by atoms with Gasteiger partial charge in [-0.1, -0.05) is 38.1 Å². The predicted octanol–water partition coefficient (Wildman–Crippen LogP) is 3.88. The second-order valence-corrected chi connectivity index (χ2v) is 5.52. The van der Waals surface area contributed by atoms with E-state index in [4.69, 9.17) is 0 Å². The molecular weight excluding hydrogens is 246 g/mol. The molecule has 0 fully saturated rings. The van der Waals surface area contributed by atoms with Gasteiger partial charge in [0.1, 0.15) is 0 Å². The zero-order chi connectivity index (χ0) is 14.5. The molecule has 0 bridgehead atoms. The molecule has 0 unspecified atom stereocenters. The first kappa shape index (κ1) is 14.4. The van der Waals surface area contributed by atoms with Gasteiger partial charge in [-0.15, -0.1) is 0 Å². The summed E-state index contributed by atoms with van der Waals surface area (Å²) in [5.74, 6) is 1.54. The van der Waals surface area contributed by atoms with Crippen LogP contribution in [0.2, 0.25) is 0 Å². The van der Waals surface area contributed by atoms with Crippen molar-refractivity contribution in [2.24, 2.45) is 0 Å². The maximum atomic E-state index is 4.39. The van der Waals surface area contributed by atoms with Crippen LogP contribution in [-0.4, -0.2) is 19.1 Å². The molecule has 2 aromatic rings. The number of benzene rings is 1. The van der Waals surface area contributed by atoms with Crippen molar-refractivity contribution in [1.29, 1.82) is 0 Å². The number of nitrogens with one attached hydrogen (secondary N) is 1. The van der Waals surface area contributed by atoms with E-state index in [-0.39, 0.29) is 0 Å². The second kappa shape index (κ2) is 6.42. The first-order valence-electron chi connectivity index (χ1n) is 7.03. The van der Waals surface area contributed by atoms with Gasteiger partial charge in [0.2, 0.25) is 0 Å². The Morgan fingerprint density at radius 1 is 1.10 bits per heavy atom. The molecule has 3 nitrogen and oxygen atoms in total. The zero-order valence-electron chi connectivity index (χ0n) is 12.7. The molecule has 0 aliphatic carbocycles. The van der Waals surface area contributed by atoms with Crippen LogP contribution >= 0.6 is 0 Å². The average Bonchev–Trinajstić information content (AvgIpc) is 2.45. The highest BCUT2D eigenvalue weighted by Crippen LogP contribution is 2.21. The van der Waals surface area contributed by atoms with Crippen LogP contribution in [0.4, 0.5) is 11.5 Å². The summed E-state index contributed by atoms with van der Waals surface area (Å²) in [6.45, 7) is 5.24. The fraction of sp³-hybridized carbons (Fsp3) is 0.353. The lowest BCUT2D eigenvalue weighted by molar-refractivity contribution is 0.865. The average molecular weight is 269 g/mol. The van der Waals surface area contributed by atoms with Gasteiger partial charge in [0, 0.05) is 26.8 Å². The Labute approximate surface area is 121 Å². The Morgan fingerprint density at radius 3 is 2.40 bits per heavy atom. The molecular formula is C17H23N3. The Morgan fingerprint density at radius 2 is 1.80 bits per heavy atom. The lowest BCUT2D eigenvalue weighted by Crippen LogP contribution is -2.13. The first-order valence-corrected chi connectivity index (χ1v) is 7.03. The van der Waals surface area contributed by atoms with E-state index in [0.717, 1.165) is 18.1 Å². The van der Waals surface area contributed by atoms with Gasteiger partial charge in [0.25, 0.3) is 0 Å². The highest BCUT2D eigenvalue weighted by molar-refractivity contribution is 5.64. The topological polar surface area (TPSA) is 28.2 Å². The predicted molar refractivity (Wildman–Crippen MR) is 86.4 cm³/mol. The number of anilines is 2. The van der Waals surface area contributed by atoms with Crippen LogP contribution in [0.25, 0.3) is 0 Å². The van der Waals surface area contributed by atoms with Crippen LogP contribution < -0.4 is 10.2 Å². The van der Waals surface area contributed by atoms with Crippen LogP contribution in [0.3, 0.4) is 0 Å². The molecule has 0 spiro atoms. The van der Waals surface area contributed by atoms with Crippen molar-refractivity contribution in [1.82, 2.24) is 4.98 Å². The fourth-order valence-electron chi connectivity index (χ4n) is 2.11. The van der Waals surface area contributed by atoms with Crippen LogP contribution in [0.15, 0.2) is 42.6 Å². The molecule has 0 radical (unpaired) electrons. The molecule has 0 aliphatic heterocycles. The third-order valence-electron chi connectivity index (χ3n) is 3.34. The van der Waals surface area contributed by atoms with Crippen molar-refractivity contribution < 1.29 is 0 Å². The van der Waals surface area contributed by atoms with Crippen LogP contribution in [0.1, 0.15) is 30.9 Å². The smallest absolute Gasteiger partial charge is 0.151 e. The van der Waals surface area contributed by atoms with Gasteiger partial charge in [0.15, 0.2) is 5.82 Å². The number of nitrogens with zero attached hydrogens (tertiary/aromatic N) is 2. The van der Waals surface area contributed by atoms with Gasteiger partial charge >= 0.3 is 0 Å². The monoisotopic (exact) mass is 269 g/mol. The van der Waals surface area contributed by atoms with Crippen molar-refractivity contribution in [2.75, 3.05) is 24.3 Å². The quantitative estimate of drug-likeness (QED) is 0.892. The molecule has 2 rings (SSSR count). The third-order valence-corrected chi connectivity index (χ3v) is 3.34. The Bertz CT molecular complexity index is 544. The molecule has 0 saturated carbocycles. The van der Waals surface area contributed by atoms with Crippen molar-refractivity contribution >= 4 is 11.5 Å². The van der Waals surface area contributed by atoms with Crippen molar-refractivity contribution in [3.05, 3.63) is 53.7 Å². The summed E-state index contributed by atoms with van der Waals surface area (Å²) in [6.07, 6.45) is 1.82. The summed E-state index contributed by atoms with van der Waals surface area (Å²) < 4.78 is 0. The van der Waals surface area contributed by atoms with Gasteiger partial charge in [-0.05, 0) is 29.2 Å². The molecule has 1 aromatic carbocycles. The van der Waals surface area contributed by atoms with E-state index in [0.29, 0.717) is 5.92 Å². The van der Waals surface area contributed by atoms with E-state index in [9.17, 15) is 0 Å². The van der Waals surface area contributed by atoms with E-state index < -0.39 is 0 Å². The summed E-state index contributed by atoms with van der Waals surface area (Å²) in [6, 6.07) is 12.8. The number of rotatable bonds is 5. The summed E-state index contributed by atoms with van der Waals surface area (Å²) in [5, 5.41) is 3.46. The molecule has 3 heteroatoms. The van der Waals surface area contributed by atoms with E-state index in [1.807, 2.05) is 31.3 Å². The molecule has 1 heterocycles. The molecule has 0 atom stereocenters. The van der Waals surface area contributed by atoms with E-state index in [1.54, 1.807) is 0 Å². The Kier molecular flexibility index (Phi) is 4.61. The molecule has 0 amide bonds. The Hall–Kier alpha value is -2.03. The second-order valence-electron chi connectivity index (χ2n) is 5.52. The summed E-state index contributed by atoms with van der Waals surface area (Å²) in [5.41, 5.74) is 3.72. The first-order chi connectivity index (χ1) is 9.58. The summed E-state index contributed by atoms with van der Waals surface area (Å²) in [4.78, 5) is 6.41. The molecule has 20 heavy (non-hydrogen) atoms. The SMILES string of the molecule is CC(C)c1ccc(CNc2cccnc2N(C)C)cc1. The molecule has 0 aliphatic rings. The molecule has 1 N–H and O–H groups in total. The highest BCUT2D eigenvalue weighted by atomic mass is 15.2. The standard InChI is InChI=1S/C17H23N3/c1-13(2)15-9-7-14(8-10-15)12-19-16-6-5-11-18-17(16)20(3)4/h5-11,13,19H,12H2,1-4H3. The van der Waals surface area contributed by atoms with Gasteiger partial charge in [-0.2, -0.15) is 0 Å². The van der Waals surface area contributed by atoms with Crippen molar-refractivity contribution in [3.63, 3.8) is 0 Å². The maximum absolute atomic E-state index is 4.39. The molecule has 1 aromatic heterocycles. The largest absolute Gasteiger partial charge is 0.378 e. The maximum Gasteiger partial charge on any atom is 0.151 e. The van der Waals surface area contributed by atoms with E-state index >= 15 is 0 Å². The van der Waals surface area contributed by atoms with E-state index in [2.05, 4.69) is 54.5 Å². The highest BCUT2D eigenvalue weighted by Gasteiger charge is 2.05. The van der Waals surface area contributed by atoms with Crippen LogP contribution in [0.5, 0.6) is 0 Å². The van der Waals surface area contributed by atoms with Gasteiger partial charge < -0.3 is 10.2 Å². The van der Waals surface area contributed by atoms with E-state index in [1.165, 1.54) is 11.1 Å². The minimum Gasteiger partial charge on any atom is -0.378 e. The van der Waals surface area contributed by atoms with Crippen LogP contribution in [-0.2, 0) is 6.54 Å². The molecule has 106 valence electrons. The van der Waals surface area contributed by atoms with Gasteiger partial charge in [0.05, 0.1) is 5.69 Å². The molecule has 0 saturated heterocycles. The van der Waals surface area contributed by atoms with Crippen molar-refractivity contribution in [3.8, 4) is 0 Å². The third kappa shape index (κ3) is 3.50. The van der Waals surface area contributed by atoms with Crippen molar-refractivity contribution in [2.45, 2.75) is 26.3 Å². The zero-order valence-corrected chi connectivity index (χ0v) is 12.7.